The minimum atomic E-state index is -0.965. The van der Waals surface area contributed by atoms with E-state index < -0.39 is 29.6 Å². The highest BCUT2D eigenvalue weighted by Crippen LogP contribution is 2.30. The Kier molecular flexibility index (Phi) is 10.4. The van der Waals surface area contributed by atoms with Crippen LogP contribution in [0.2, 0.25) is 0 Å². The van der Waals surface area contributed by atoms with Gasteiger partial charge in [-0.15, -0.1) is 0 Å². The first-order valence-electron chi connectivity index (χ1n) is 12.3. The second-order valence-corrected chi connectivity index (χ2v) is 8.57. The summed E-state index contributed by atoms with van der Waals surface area (Å²) in [5.74, 6) is -0.968. The second-order valence-electron chi connectivity index (χ2n) is 8.57. The smallest absolute Gasteiger partial charge is 0.253 e. The monoisotopic (exact) mass is 510 g/mol. The van der Waals surface area contributed by atoms with Crippen molar-refractivity contribution in [1.29, 1.82) is 0 Å². The van der Waals surface area contributed by atoms with Gasteiger partial charge >= 0.3 is 0 Å². The third kappa shape index (κ3) is 8.31. The summed E-state index contributed by atoms with van der Waals surface area (Å²) in [5.41, 5.74) is 0.978. The van der Waals surface area contributed by atoms with E-state index in [0.29, 0.717) is 23.7 Å². The number of hydrogen-bond acceptors (Lipinski definition) is 4. The molecular formula is C29H32F2N2O4. The summed E-state index contributed by atoms with van der Waals surface area (Å²) in [5, 5.41) is 5.54. The van der Waals surface area contributed by atoms with Gasteiger partial charge < -0.3 is 20.1 Å². The average Bonchev–Trinajstić information content (AvgIpc) is 2.90. The Morgan fingerprint density at radius 1 is 0.757 bits per heavy atom. The third-order valence-corrected chi connectivity index (χ3v) is 5.79. The predicted molar refractivity (Wildman–Crippen MR) is 138 cm³/mol. The summed E-state index contributed by atoms with van der Waals surface area (Å²) in [6.45, 7) is 2.66. The van der Waals surface area contributed by atoms with Crippen molar-refractivity contribution in [2.24, 2.45) is 0 Å². The molecule has 196 valence electrons. The molecule has 3 aromatic carbocycles. The van der Waals surface area contributed by atoms with Crippen molar-refractivity contribution in [1.82, 2.24) is 10.6 Å². The third-order valence-electron chi connectivity index (χ3n) is 5.79. The second kappa shape index (κ2) is 14.0. The number of unbranched alkanes of at least 4 members (excludes halogenated alkanes) is 4. The minimum absolute atomic E-state index is 0.222. The van der Waals surface area contributed by atoms with E-state index in [2.05, 4.69) is 17.6 Å². The van der Waals surface area contributed by atoms with Crippen LogP contribution in [0.3, 0.4) is 0 Å². The van der Waals surface area contributed by atoms with E-state index >= 15 is 0 Å². The number of methoxy groups -OCH3 is 1. The molecular weight excluding hydrogens is 478 g/mol. The molecule has 2 amide bonds. The summed E-state index contributed by atoms with van der Waals surface area (Å²) in [7, 11) is 1.53. The van der Waals surface area contributed by atoms with Crippen molar-refractivity contribution in [3.63, 3.8) is 0 Å². The van der Waals surface area contributed by atoms with E-state index in [1.165, 1.54) is 62.1 Å². The van der Waals surface area contributed by atoms with Crippen LogP contribution in [0.4, 0.5) is 8.78 Å². The molecule has 2 N–H and O–H groups in total. The topological polar surface area (TPSA) is 76.7 Å². The number of amides is 2. The molecule has 0 radical (unpaired) electrons. The summed E-state index contributed by atoms with van der Waals surface area (Å²) in [6, 6.07) is 15.2. The van der Waals surface area contributed by atoms with Gasteiger partial charge in [-0.25, -0.2) is 8.78 Å². The largest absolute Gasteiger partial charge is 0.493 e. The van der Waals surface area contributed by atoms with Crippen LogP contribution in [0.1, 0.15) is 71.5 Å². The van der Waals surface area contributed by atoms with Gasteiger partial charge in [0.1, 0.15) is 17.8 Å². The van der Waals surface area contributed by atoms with E-state index in [1.54, 1.807) is 18.2 Å². The highest BCUT2D eigenvalue weighted by Gasteiger charge is 2.21. The van der Waals surface area contributed by atoms with Crippen molar-refractivity contribution in [2.75, 3.05) is 13.7 Å². The van der Waals surface area contributed by atoms with Gasteiger partial charge in [0.05, 0.1) is 13.7 Å². The number of carbonyl (C=O) groups excluding carboxylic acids is 2. The van der Waals surface area contributed by atoms with Crippen molar-refractivity contribution < 1.29 is 27.8 Å². The maximum atomic E-state index is 13.3. The zero-order valence-electron chi connectivity index (χ0n) is 21.1. The number of halogens is 2. The van der Waals surface area contributed by atoms with Crippen LogP contribution in [0.5, 0.6) is 11.5 Å². The van der Waals surface area contributed by atoms with E-state index in [1.807, 2.05) is 0 Å². The molecule has 37 heavy (non-hydrogen) atoms. The molecule has 0 aliphatic rings. The zero-order valence-corrected chi connectivity index (χ0v) is 21.1. The van der Waals surface area contributed by atoms with Crippen molar-refractivity contribution in [2.45, 2.75) is 45.2 Å². The number of benzene rings is 3. The van der Waals surface area contributed by atoms with E-state index in [9.17, 15) is 18.4 Å². The SMILES string of the molecule is CCCCCCCOc1cc(C(NC(=O)c2ccc(F)cc2)NC(=O)c2ccc(F)cc2)ccc1OC. The van der Waals surface area contributed by atoms with Gasteiger partial charge in [-0.1, -0.05) is 38.7 Å². The first-order chi connectivity index (χ1) is 17.9. The number of ether oxygens (including phenoxy) is 2. The van der Waals surface area contributed by atoms with Crippen LogP contribution < -0.4 is 20.1 Å². The van der Waals surface area contributed by atoms with Crippen molar-refractivity contribution >= 4 is 11.8 Å². The highest BCUT2D eigenvalue weighted by molar-refractivity contribution is 5.96. The van der Waals surface area contributed by atoms with Crippen LogP contribution in [-0.4, -0.2) is 25.5 Å². The fourth-order valence-electron chi connectivity index (χ4n) is 3.71. The molecule has 8 heteroatoms. The number of nitrogens with one attached hydrogen (secondary N) is 2. The summed E-state index contributed by atoms with van der Waals surface area (Å²) < 4.78 is 38.1. The van der Waals surface area contributed by atoms with Gasteiger partial charge in [-0.2, -0.15) is 0 Å². The maximum absolute atomic E-state index is 13.3. The summed E-state index contributed by atoms with van der Waals surface area (Å²) in [4.78, 5) is 25.8. The molecule has 0 aliphatic carbocycles. The Labute approximate surface area is 216 Å². The van der Waals surface area contributed by atoms with Gasteiger partial charge in [0.2, 0.25) is 0 Å². The molecule has 6 nitrogen and oxygen atoms in total. The molecule has 0 saturated carbocycles. The van der Waals surface area contributed by atoms with Gasteiger partial charge in [-0.3, -0.25) is 9.59 Å². The minimum Gasteiger partial charge on any atom is -0.493 e. The number of carbonyl (C=O) groups is 2. The first-order valence-corrected chi connectivity index (χ1v) is 12.3. The van der Waals surface area contributed by atoms with Gasteiger partial charge in [0.15, 0.2) is 11.5 Å². The lowest BCUT2D eigenvalue weighted by atomic mass is 10.1. The normalized spacial score (nSPS) is 10.7. The zero-order chi connectivity index (χ0) is 26.6. The molecule has 0 unspecified atom stereocenters. The van der Waals surface area contributed by atoms with Crippen LogP contribution in [-0.2, 0) is 0 Å². The maximum Gasteiger partial charge on any atom is 0.253 e. The molecule has 0 spiro atoms. The van der Waals surface area contributed by atoms with Crippen LogP contribution in [0, 0.1) is 11.6 Å². The van der Waals surface area contributed by atoms with Gasteiger partial charge in [0.25, 0.3) is 11.8 Å². The van der Waals surface area contributed by atoms with Crippen molar-refractivity contribution in [3.05, 3.63) is 95.1 Å². The average molecular weight is 511 g/mol. The fourth-order valence-corrected chi connectivity index (χ4v) is 3.71. The quantitative estimate of drug-likeness (QED) is 0.213. The molecule has 0 saturated heterocycles. The van der Waals surface area contributed by atoms with Gasteiger partial charge in [-0.05, 0) is 72.6 Å². The van der Waals surface area contributed by atoms with Crippen LogP contribution in [0.25, 0.3) is 0 Å². The standard InChI is InChI=1S/C29H32F2N2O4/c1-3-4-5-6-7-18-37-26-19-22(12-17-25(26)36-2)27(32-28(34)20-8-13-23(30)14-9-20)33-29(35)21-10-15-24(31)16-11-21/h8-17,19,27H,3-7,18H2,1-2H3,(H,32,34)(H,33,35). The lowest BCUT2D eigenvalue weighted by molar-refractivity contribution is 0.0883. The summed E-state index contributed by atoms with van der Waals surface area (Å²) in [6.07, 6.45) is 4.46. The Balaban J connectivity index is 1.83. The molecule has 3 aromatic rings. The van der Waals surface area contributed by atoms with Crippen LogP contribution in [0.15, 0.2) is 66.7 Å². The van der Waals surface area contributed by atoms with E-state index in [4.69, 9.17) is 9.47 Å². The molecule has 0 bridgehead atoms. The molecule has 0 fully saturated rings. The lowest BCUT2D eigenvalue weighted by Crippen LogP contribution is -2.41. The van der Waals surface area contributed by atoms with Crippen LogP contribution >= 0.6 is 0 Å². The highest BCUT2D eigenvalue weighted by atomic mass is 19.1. The molecule has 0 heterocycles. The summed E-state index contributed by atoms with van der Waals surface area (Å²) >= 11 is 0. The number of hydrogen-bond donors (Lipinski definition) is 2. The van der Waals surface area contributed by atoms with Crippen molar-refractivity contribution in [3.8, 4) is 11.5 Å². The molecule has 0 aliphatic heterocycles. The van der Waals surface area contributed by atoms with E-state index in [-0.39, 0.29) is 11.1 Å². The fraction of sp³-hybridized carbons (Fsp3) is 0.310. The lowest BCUT2D eigenvalue weighted by Gasteiger charge is -2.22. The predicted octanol–water partition coefficient (Wildman–Crippen LogP) is 6.18. The number of rotatable bonds is 13. The molecule has 0 aromatic heterocycles. The Bertz CT molecular complexity index is 1110. The first kappa shape index (κ1) is 27.6. The Morgan fingerprint density at radius 3 is 1.81 bits per heavy atom. The Morgan fingerprint density at radius 2 is 1.30 bits per heavy atom. The van der Waals surface area contributed by atoms with E-state index in [0.717, 1.165) is 25.7 Å². The Hall–Kier alpha value is -3.94. The molecule has 3 rings (SSSR count). The molecule has 0 atom stereocenters. The van der Waals surface area contributed by atoms with Gasteiger partial charge in [0, 0.05) is 11.1 Å².